The van der Waals surface area contributed by atoms with E-state index in [1.54, 1.807) is 23.0 Å². The zero-order valence-corrected chi connectivity index (χ0v) is 14.4. The largest absolute Gasteiger partial charge is 0.347 e. The topological polar surface area (TPSA) is 64.0 Å². The molecule has 3 rings (SSSR count). The molecule has 3 aromatic rings. The van der Waals surface area contributed by atoms with Crippen LogP contribution in [0.1, 0.15) is 34.8 Å². The SMILES string of the molecule is O=C(CCC(=O)c1ccccc1)NC(Cn1cccn1)c1ccccc1. The van der Waals surface area contributed by atoms with Gasteiger partial charge < -0.3 is 5.32 Å². The molecule has 0 spiro atoms. The van der Waals surface area contributed by atoms with E-state index in [0.717, 1.165) is 5.56 Å². The van der Waals surface area contributed by atoms with E-state index < -0.39 is 0 Å². The third-order valence-corrected chi connectivity index (χ3v) is 4.14. The van der Waals surface area contributed by atoms with Gasteiger partial charge >= 0.3 is 0 Å². The van der Waals surface area contributed by atoms with E-state index in [4.69, 9.17) is 0 Å². The van der Waals surface area contributed by atoms with E-state index in [-0.39, 0.29) is 30.6 Å². The Bertz CT molecular complexity index is 830. The monoisotopic (exact) mass is 347 g/mol. The molecule has 0 bridgehead atoms. The second-order valence-corrected chi connectivity index (χ2v) is 6.05. The number of benzene rings is 2. The van der Waals surface area contributed by atoms with Crippen molar-refractivity contribution in [2.75, 3.05) is 0 Å². The molecule has 5 heteroatoms. The number of ketones is 1. The van der Waals surface area contributed by atoms with E-state index in [1.807, 2.05) is 60.8 Å². The van der Waals surface area contributed by atoms with Crippen LogP contribution in [-0.4, -0.2) is 21.5 Å². The Balaban J connectivity index is 1.61. The first-order valence-corrected chi connectivity index (χ1v) is 8.62. The maximum Gasteiger partial charge on any atom is 0.220 e. The molecule has 0 aliphatic carbocycles. The first-order chi connectivity index (χ1) is 12.7. The standard InChI is InChI=1S/C21H21N3O2/c25-20(18-10-5-2-6-11-18)12-13-21(26)23-19(16-24-15-7-14-22-24)17-8-3-1-4-9-17/h1-11,14-15,19H,12-13,16H2,(H,23,26). The lowest BCUT2D eigenvalue weighted by Gasteiger charge is -2.19. The number of nitrogens with one attached hydrogen (secondary N) is 1. The predicted octanol–water partition coefficient (Wildman–Crippen LogP) is 3.40. The van der Waals surface area contributed by atoms with Crippen molar-refractivity contribution in [1.82, 2.24) is 15.1 Å². The minimum absolute atomic E-state index is 0.0240. The molecule has 1 heterocycles. The van der Waals surface area contributed by atoms with Crippen LogP contribution in [0.4, 0.5) is 0 Å². The van der Waals surface area contributed by atoms with Crippen LogP contribution in [0.3, 0.4) is 0 Å². The summed E-state index contributed by atoms with van der Waals surface area (Å²) in [5.41, 5.74) is 1.64. The molecule has 1 amide bonds. The van der Waals surface area contributed by atoms with Crippen LogP contribution in [0.15, 0.2) is 79.1 Å². The van der Waals surface area contributed by atoms with Crippen LogP contribution in [0, 0.1) is 0 Å². The highest BCUT2D eigenvalue weighted by atomic mass is 16.2. The van der Waals surface area contributed by atoms with Crippen molar-refractivity contribution >= 4 is 11.7 Å². The fraction of sp³-hybridized carbons (Fsp3) is 0.190. The summed E-state index contributed by atoms with van der Waals surface area (Å²) in [6.45, 7) is 0.537. The summed E-state index contributed by atoms with van der Waals surface area (Å²) in [6.07, 6.45) is 3.93. The minimum Gasteiger partial charge on any atom is -0.347 e. The minimum atomic E-state index is -0.199. The Kier molecular flexibility index (Phi) is 5.93. The molecular formula is C21H21N3O2. The van der Waals surface area contributed by atoms with E-state index in [0.29, 0.717) is 12.1 Å². The smallest absolute Gasteiger partial charge is 0.220 e. The average Bonchev–Trinajstić information content (AvgIpc) is 3.20. The lowest BCUT2D eigenvalue weighted by atomic mass is 10.0. The van der Waals surface area contributed by atoms with Crippen molar-refractivity contribution in [2.24, 2.45) is 0 Å². The molecule has 132 valence electrons. The molecule has 1 N–H and O–H groups in total. The normalized spacial score (nSPS) is 11.7. The molecular weight excluding hydrogens is 326 g/mol. The molecule has 0 saturated heterocycles. The van der Waals surface area contributed by atoms with Crippen LogP contribution >= 0.6 is 0 Å². The van der Waals surface area contributed by atoms with E-state index in [1.165, 1.54) is 0 Å². The summed E-state index contributed by atoms with van der Waals surface area (Å²) >= 11 is 0. The lowest BCUT2D eigenvalue weighted by Crippen LogP contribution is -2.31. The second-order valence-electron chi connectivity index (χ2n) is 6.05. The van der Waals surface area contributed by atoms with Crippen molar-refractivity contribution in [1.29, 1.82) is 0 Å². The Hall–Kier alpha value is -3.21. The number of hydrogen-bond acceptors (Lipinski definition) is 3. The molecule has 1 unspecified atom stereocenters. The number of carbonyl (C=O) groups is 2. The first kappa shape index (κ1) is 17.6. The number of Topliss-reactive ketones (excluding diaryl/α,β-unsaturated/α-hetero) is 1. The molecule has 1 atom stereocenters. The van der Waals surface area contributed by atoms with Gasteiger partial charge in [0.1, 0.15) is 0 Å². The van der Waals surface area contributed by atoms with Gasteiger partial charge in [-0.05, 0) is 11.6 Å². The zero-order valence-electron chi connectivity index (χ0n) is 14.4. The summed E-state index contributed by atoms with van der Waals surface area (Å²) in [6, 6.07) is 20.5. The van der Waals surface area contributed by atoms with Gasteiger partial charge in [-0.25, -0.2) is 0 Å². The number of aromatic nitrogens is 2. The fourth-order valence-electron chi connectivity index (χ4n) is 2.78. The van der Waals surface area contributed by atoms with Crippen LogP contribution in [-0.2, 0) is 11.3 Å². The Labute approximate surface area is 152 Å². The van der Waals surface area contributed by atoms with Crippen LogP contribution in [0.5, 0.6) is 0 Å². The molecule has 0 aliphatic rings. The van der Waals surface area contributed by atoms with Gasteiger partial charge in [-0.1, -0.05) is 60.7 Å². The predicted molar refractivity (Wildman–Crippen MR) is 99.6 cm³/mol. The van der Waals surface area contributed by atoms with Gasteiger partial charge in [0.05, 0.1) is 12.6 Å². The maximum atomic E-state index is 12.4. The summed E-state index contributed by atoms with van der Waals surface area (Å²) < 4.78 is 1.78. The summed E-state index contributed by atoms with van der Waals surface area (Å²) in [5, 5.41) is 7.24. The summed E-state index contributed by atoms with van der Waals surface area (Å²) in [7, 11) is 0. The molecule has 0 aliphatic heterocycles. The van der Waals surface area contributed by atoms with Gasteiger partial charge in [0.25, 0.3) is 0 Å². The molecule has 5 nitrogen and oxygen atoms in total. The molecule has 0 fully saturated rings. The van der Waals surface area contributed by atoms with Gasteiger partial charge in [0.15, 0.2) is 5.78 Å². The number of carbonyl (C=O) groups excluding carboxylic acids is 2. The molecule has 26 heavy (non-hydrogen) atoms. The number of hydrogen-bond donors (Lipinski definition) is 1. The van der Waals surface area contributed by atoms with Crippen molar-refractivity contribution < 1.29 is 9.59 Å². The Morgan fingerprint density at radius 1 is 0.923 bits per heavy atom. The summed E-state index contributed by atoms with van der Waals surface area (Å²) in [5.74, 6) is -0.167. The molecule has 1 aromatic heterocycles. The van der Waals surface area contributed by atoms with Gasteiger partial charge in [0, 0.05) is 30.8 Å². The lowest BCUT2D eigenvalue weighted by molar-refractivity contribution is -0.121. The highest BCUT2D eigenvalue weighted by Crippen LogP contribution is 2.15. The molecule has 0 saturated carbocycles. The highest BCUT2D eigenvalue weighted by Gasteiger charge is 2.16. The zero-order chi connectivity index (χ0) is 18.2. The van der Waals surface area contributed by atoms with Gasteiger partial charge in [0.2, 0.25) is 5.91 Å². The fourth-order valence-corrected chi connectivity index (χ4v) is 2.78. The van der Waals surface area contributed by atoms with Crippen molar-refractivity contribution in [3.63, 3.8) is 0 Å². The Morgan fingerprint density at radius 2 is 1.62 bits per heavy atom. The van der Waals surface area contributed by atoms with Crippen LogP contribution in [0.2, 0.25) is 0 Å². The first-order valence-electron chi connectivity index (χ1n) is 8.62. The van der Waals surface area contributed by atoms with Gasteiger partial charge in [-0.15, -0.1) is 0 Å². The Morgan fingerprint density at radius 3 is 2.27 bits per heavy atom. The third-order valence-electron chi connectivity index (χ3n) is 4.14. The number of amides is 1. The van der Waals surface area contributed by atoms with E-state index in [9.17, 15) is 9.59 Å². The summed E-state index contributed by atoms with van der Waals surface area (Å²) in [4.78, 5) is 24.6. The highest BCUT2D eigenvalue weighted by molar-refractivity contribution is 5.97. The van der Waals surface area contributed by atoms with E-state index >= 15 is 0 Å². The second kappa shape index (κ2) is 8.76. The van der Waals surface area contributed by atoms with Crippen molar-refractivity contribution in [3.8, 4) is 0 Å². The van der Waals surface area contributed by atoms with Crippen molar-refractivity contribution in [2.45, 2.75) is 25.4 Å². The average molecular weight is 347 g/mol. The third kappa shape index (κ3) is 4.89. The van der Waals surface area contributed by atoms with Gasteiger partial charge in [-0.2, -0.15) is 5.10 Å². The maximum absolute atomic E-state index is 12.4. The number of nitrogens with zero attached hydrogens (tertiary/aromatic N) is 2. The van der Waals surface area contributed by atoms with Crippen LogP contribution < -0.4 is 5.32 Å². The molecule has 0 radical (unpaired) electrons. The van der Waals surface area contributed by atoms with Gasteiger partial charge in [-0.3, -0.25) is 14.3 Å². The van der Waals surface area contributed by atoms with Crippen LogP contribution in [0.25, 0.3) is 0 Å². The molecule has 2 aromatic carbocycles. The van der Waals surface area contributed by atoms with Crippen molar-refractivity contribution in [3.05, 3.63) is 90.3 Å². The van der Waals surface area contributed by atoms with E-state index in [2.05, 4.69) is 10.4 Å². The number of rotatable bonds is 8. The quantitative estimate of drug-likeness (QED) is 0.635.